The molecule has 0 bridgehead atoms. The van der Waals surface area contributed by atoms with Gasteiger partial charge in [-0.1, -0.05) is 41.4 Å². The van der Waals surface area contributed by atoms with Gasteiger partial charge in [-0.05, 0) is 30.5 Å². The van der Waals surface area contributed by atoms with Crippen molar-refractivity contribution >= 4 is 23.2 Å². The number of aryl methyl sites for hydroxylation is 1. The molecule has 134 valence electrons. The van der Waals surface area contributed by atoms with Gasteiger partial charge in [0.2, 0.25) is 0 Å². The monoisotopic (exact) mass is 391 g/mol. The minimum absolute atomic E-state index is 0.0404. The van der Waals surface area contributed by atoms with E-state index in [1.165, 1.54) is 0 Å². The summed E-state index contributed by atoms with van der Waals surface area (Å²) in [6.45, 7) is 0.369. The summed E-state index contributed by atoms with van der Waals surface area (Å²) in [7, 11) is 0. The van der Waals surface area contributed by atoms with Crippen LogP contribution >= 0.6 is 23.2 Å². The maximum absolute atomic E-state index is 12.4. The summed E-state index contributed by atoms with van der Waals surface area (Å²) in [6.07, 6.45) is -3.36. The fraction of sp³-hybridized carbons (Fsp3) is 0.294. The van der Waals surface area contributed by atoms with Crippen molar-refractivity contribution in [1.29, 1.82) is 0 Å². The summed E-state index contributed by atoms with van der Waals surface area (Å²) >= 11 is 12.4. The lowest BCUT2D eigenvalue weighted by Gasteiger charge is -2.27. The van der Waals surface area contributed by atoms with E-state index in [0.29, 0.717) is 23.4 Å². The smallest absolute Gasteiger partial charge is 0.488 e. The van der Waals surface area contributed by atoms with Crippen LogP contribution in [0.4, 0.5) is 13.2 Å². The highest BCUT2D eigenvalue weighted by atomic mass is 35.5. The van der Waals surface area contributed by atoms with E-state index in [0.717, 1.165) is 30.5 Å². The van der Waals surface area contributed by atoms with Crippen molar-refractivity contribution in [3.05, 3.63) is 45.9 Å². The lowest BCUT2D eigenvalue weighted by Crippen LogP contribution is -2.30. The van der Waals surface area contributed by atoms with Crippen LogP contribution in [0.1, 0.15) is 12.0 Å². The Hall–Kier alpha value is -1.63. The molecule has 0 saturated carbocycles. The Balaban J connectivity index is 2.06. The quantitative estimate of drug-likeness (QED) is 0.780. The van der Waals surface area contributed by atoms with E-state index < -0.39 is 12.1 Å². The zero-order valence-corrected chi connectivity index (χ0v) is 14.4. The lowest BCUT2D eigenvalue weighted by molar-refractivity contribution is -0.274. The zero-order valence-electron chi connectivity index (χ0n) is 12.9. The van der Waals surface area contributed by atoms with Gasteiger partial charge < -0.3 is 15.2 Å². The Kier molecular flexibility index (Phi) is 5.04. The number of rotatable bonds is 3. The average Bonchev–Trinajstić information content (AvgIpc) is 2.52. The van der Waals surface area contributed by atoms with E-state index in [1.54, 1.807) is 6.07 Å². The van der Waals surface area contributed by atoms with E-state index in [1.807, 2.05) is 12.1 Å². The van der Waals surface area contributed by atoms with Crippen LogP contribution in [0.5, 0.6) is 11.5 Å². The van der Waals surface area contributed by atoms with Gasteiger partial charge in [0.1, 0.15) is 17.6 Å². The van der Waals surface area contributed by atoms with Crippen molar-refractivity contribution in [3.8, 4) is 22.6 Å². The summed E-state index contributed by atoms with van der Waals surface area (Å²) in [6, 6.07) is 7.68. The molecule has 1 aliphatic heterocycles. The van der Waals surface area contributed by atoms with Crippen molar-refractivity contribution in [2.45, 2.75) is 25.3 Å². The molecule has 0 spiro atoms. The first kappa shape index (κ1) is 18.2. The molecule has 0 unspecified atom stereocenters. The standard InChI is InChI=1S/C17H14Cl2F3NO2/c18-13-6-11(25-17(20,21)22)7-14(19)15(13)12-3-1-2-9-4-5-10(8-23)24-16(9)12/h1-3,6-7,10H,4-5,8,23H2/t10-/m1/s1. The van der Waals surface area contributed by atoms with Crippen molar-refractivity contribution < 1.29 is 22.6 Å². The van der Waals surface area contributed by atoms with Gasteiger partial charge in [0.25, 0.3) is 0 Å². The number of alkyl halides is 3. The molecule has 3 nitrogen and oxygen atoms in total. The molecule has 0 radical (unpaired) electrons. The third kappa shape index (κ3) is 3.97. The summed E-state index contributed by atoms with van der Waals surface area (Å²) in [5, 5.41) is 0.0808. The number of hydrogen-bond acceptors (Lipinski definition) is 3. The second-order valence-corrected chi connectivity index (χ2v) is 6.43. The molecule has 0 aliphatic carbocycles. The molecule has 3 rings (SSSR count). The van der Waals surface area contributed by atoms with Crippen molar-refractivity contribution in [2.24, 2.45) is 5.73 Å². The van der Waals surface area contributed by atoms with E-state index in [4.69, 9.17) is 33.7 Å². The van der Waals surface area contributed by atoms with E-state index in [9.17, 15) is 13.2 Å². The maximum Gasteiger partial charge on any atom is 0.573 e. The fourth-order valence-electron chi connectivity index (χ4n) is 2.83. The van der Waals surface area contributed by atoms with Gasteiger partial charge in [0.05, 0.1) is 10.0 Å². The third-order valence-corrected chi connectivity index (χ3v) is 4.49. The van der Waals surface area contributed by atoms with E-state index >= 15 is 0 Å². The molecule has 1 heterocycles. The highest BCUT2D eigenvalue weighted by molar-refractivity contribution is 6.39. The predicted octanol–water partition coefficient (Wildman–Crippen LogP) is 5.21. The minimum Gasteiger partial charge on any atom is -0.488 e. The van der Waals surface area contributed by atoms with Crippen molar-refractivity contribution in [2.75, 3.05) is 6.54 Å². The van der Waals surface area contributed by atoms with Gasteiger partial charge >= 0.3 is 6.36 Å². The highest BCUT2D eigenvalue weighted by Gasteiger charge is 2.32. The van der Waals surface area contributed by atoms with Crippen LogP contribution in [-0.2, 0) is 6.42 Å². The van der Waals surface area contributed by atoms with Crippen LogP contribution in [0.15, 0.2) is 30.3 Å². The van der Waals surface area contributed by atoms with Crippen LogP contribution in [0, 0.1) is 0 Å². The second-order valence-electron chi connectivity index (χ2n) is 5.62. The first-order chi connectivity index (χ1) is 11.8. The first-order valence-corrected chi connectivity index (χ1v) is 8.28. The number of ether oxygens (including phenoxy) is 2. The number of fused-ring (bicyclic) bond motifs is 1. The average molecular weight is 392 g/mol. The number of para-hydroxylation sites is 1. The Morgan fingerprint density at radius 3 is 2.48 bits per heavy atom. The SMILES string of the molecule is NC[C@H]1CCc2cccc(-c3c(Cl)cc(OC(F)(F)F)cc3Cl)c2O1. The summed E-state index contributed by atoms with van der Waals surface area (Å²) in [5.41, 5.74) is 7.67. The van der Waals surface area contributed by atoms with Gasteiger partial charge in [0.15, 0.2) is 0 Å². The van der Waals surface area contributed by atoms with Crippen molar-refractivity contribution in [1.82, 2.24) is 0 Å². The molecule has 25 heavy (non-hydrogen) atoms. The number of halogens is 5. The highest BCUT2D eigenvalue weighted by Crippen LogP contribution is 2.45. The molecular formula is C17H14Cl2F3NO2. The molecule has 2 aromatic carbocycles. The van der Waals surface area contributed by atoms with Crippen LogP contribution < -0.4 is 15.2 Å². The number of benzene rings is 2. The maximum atomic E-state index is 12.4. The Morgan fingerprint density at radius 1 is 1.20 bits per heavy atom. The Bertz CT molecular complexity index is 773. The third-order valence-electron chi connectivity index (χ3n) is 3.90. The molecule has 0 fully saturated rings. The topological polar surface area (TPSA) is 44.5 Å². The van der Waals surface area contributed by atoms with Gasteiger partial charge in [0, 0.05) is 17.7 Å². The van der Waals surface area contributed by atoms with Crippen LogP contribution in [0.2, 0.25) is 10.0 Å². The molecule has 8 heteroatoms. The van der Waals surface area contributed by atoms with Gasteiger partial charge in [-0.3, -0.25) is 0 Å². The predicted molar refractivity (Wildman–Crippen MR) is 90.4 cm³/mol. The van der Waals surface area contributed by atoms with Gasteiger partial charge in [-0.25, -0.2) is 0 Å². The molecule has 1 atom stereocenters. The molecule has 0 amide bonds. The molecule has 2 aromatic rings. The summed E-state index contributed by atoms with van der Waals surface area (Å²) in [5.74, 6) is 0.134. The summed E-state index contributed by atoms with van der Waals surface area (Å²) < 4.78 is 47.0. The zero-order chi connectivity index (χ0) is 18.2. The lowest BCUT2D eigenvalue weighted by atomic mass is 9.95. The van der Waals surface area contributed by atoms with Crippen molar-refractivity contribution in [3.63, 3.8) is 0 Å². The van der Waals surface area contributed by atoms with E-state index in [-0.39, 0.29) is 16.1 Å². The number of nitrogens with two attached hydrogens (primary N) is 1. The molecule has 0 saturated heterocycles. The molecule has 0 aromatic heterocycles. The normalized spacial score (nSPS) is 17.0. The van der Waals surface area contributed by atoms with Gasteiger partial charge in [-0.15, -0.1) is 13.2 Å². The molecule has 2 N–H and O–H groups in total. The van der Waals surface area contributed by atoms with Crippen LogP contribution in [0.25, 0.3) is 11.1 Å². The van der Waals surface area contributed by atoms with Gasteiger partial charge in [-0.2, -0.15) is 0 Å². The van der Waals surface area contributed by atoms with Crippen LogP contribution in [-0.4, -0.2) is 19.0 Å². The molecule has 1 aliphatic rings. The Morgan fingerprint density at radius 2 is 1.88 bits per heavy atom. The summed E-state index contributed by atoms with van der Waals surface area (Å²) in [4.78, 5) is 0. The second kappa shape index (κ2) is 6.94. The first-order valence-electron chi connectivity index (χ1n) is 7.52. The largest absolute Gasteiger partial charge is 0.573 e. The van der Waals surface area contributed by atoms with E-state index in [2.05, 4.69) is 4.74 Å². The van der Waals surface area contributed by atoms with Crippen LogP contribution in [0.3, 0.4) is 0 Å². The Labute approximate surface area is 152 Å². The minimum atomic E-state index is -4.82. The molecular weight excluding hydrogens is 378 g/mol. The fourth-order valence-corrected chi connectivity index (χ4v) is 3.50. The number of hydrogen-bond donors (Lipinski definition) is 1.